The predicted octanol–water partition coefficient (Wildman–Crippen LogP) is 6.77. The molecule has 0 heterocycles. The van der Waals surface area contributed by atoms with Crippen LogP contribution in [0, 0.1) is 6.92 Å². The molecule has 0 aromatic heterocycles. The molecule has 3 aromatic rings. The molecule has 0 bridgehead atoms. The lowest BCUT2D eigenvalue weighted by molar-refractivity contribution is -0.143. The van der Waals surface area contributed by atoms with Gasteiger partial charge in [-0.1, -0.05) is 91.0 Å². The smallest absolute Gasteiger partial charge is 0.261 e. The molecule has 1 saturated carbocycles. The minimum Gasteiger partial charge on any atom is -0.484 e. The molecule has 7 heteroatoms. The maximum atomic E-state index is 13.8. The summed E-state index contributed by atoms with van der Waals surface area (Å²) in [5, 5.41) is 4.08. The second-order valence-electron chi connectivity index (χ2n) is 9.92. The Morgan fingerprint density at radius 3 is 2.39 bits per heavy atom. The Balaban J connectivity index is 1.62. The van der Waals surface area contributed by atoms with Crippen LogP contribution >= 0.6 is 23.2 Å². The first-order valence-electron chi connectivity index (χ1n) is 13.2. The van der Waals surface area contributed by atoms with E-state index in [9.17, 15) is 9.59 Å². The van der Waals surface area contributed by atoms with Crippen LogP contribution in [-0.4, -0.2) is 35.4 Å². The van der Waals surface area contributed by atoms with E-state index in [1.807, 2.05) is 67.6 Å². The molecule has 1 unspecified atom stereocenters. The summed E-state index contributed by atoms with van der Waals surface area (Å²) >= 11 is 12.4. The zero-order chi connectivity index (χ0) is 26.9. The van der Waals surface area contributed by atoms with E-state index in [0.717, 1.165) is 42.4 Å². The number of hydrogen-bond donors (Lipinski definition) is 1. The number of halogens is 2. The summed E-state index contributed by atoms with van der Waals surface area (Å²) in [4.78, 5) is 29.2. The lowest BCUT2D eigenvalue weighted by Crippen LogP contribution is -2.53. The topological polar surface area (TPSA) is 58.6 Å². The third kappa shape index (κ3) is 7.99. The highest BCUT2D eigenvalue weighted by Gasteiger charge is 2.32. The summed E-state index contributed by atoms with van der Waals surface area (Å²) in [6, 6.07) is 22.0. The van der Waals surface area contributed by atoms with E-state index in [2.05, 4.69) is 5.32 Å². The fourth-order valence-corrected chi connectivity index (χ4v) is 5.19. The number of carbonyl (C=O) groups is 2. The average molecular weight is 554 g/mol. The van der Waals surface area contributed by atoms with Crippen LogP contribution in [0.4, 0.5) is 0 Å². The van der Waals surface area contributed by atoms with Crippen LogP contribution < -0.4 is 10.1 Å². The van der Waals surface area contributed by atoms with Gasteiger partial charge in [-0.2, -0.15) is 0 Å². The number of hydrogen-bond acceptors (Lipinski definition) is 3. The first-order chi connectivity index (χ1) is 18.4. The van der Waals surface area contributed by atoms with Crippen LogP contribution in [0.25, 0.3) is 0 Å². The summed E-state index contributed by atoms with van der Waals surface area (Å²) in [6.07, 6.45) is 5.70. The number of amides is 2. The minimum absolute atomic E-state index is 0.125. The second kappa shape index (κ2) is 13.7. The van der Waals surface area contributed by atoms with Crippen molar-refractivity contribution in [1.29, 1.82) is 0 Å². The molecule has 0 spiro atoms. The van der Waals surface area contributed by atoms with Gasteiger partial charge in [-0.3, -0.25) is 9.59 Å². The first-order valence-corrected chi connectivity index (χ1v) is 13.9. The third-order valence-corrected chi connectivity index (χ3v) is 7.65. The fraction of sp³-hybridized carbons (Fsp3) is 0.355. The van der Waals surface area contributed by atoms with Gasteiger partial charge in [-0.25, -0.2) is 0 Å². The van der Waals surface area contributed by atoms with Gasteiger partial charge in [-0.15, -0.1) is 0 Å². The highest BCUT2D eigenvalue weighted by molar-refractivity contribution is 6.42. The van der Waals surface area contributed by atoms with Gasteiger partial charge in [0.25, 0.3) is 5.91 Å². The second-order valence-corrected chi connectivity index (χ2v) is 10.7. The van der Waals surface area contributed by atoms with Crippen molar-refractivity contribution in [1.82, 2.24) is 10.2 Å². The van der Waals surface area contributed by atoms with E-state index in [1.165, 1.54) is 6.42 Å². The SMILES string of the molecule is Cc1cccc(OCC(=O)N(Cc2ccc(Cl)c(Cl)c2)C(Cc2ccccc2)C(=O)NC2CCCCC2)c1. The van der Waals surface area contributed by atoms with Gasteiger partial charge < -0.3 is 15.0 Å². The molecule has 0 saturated heterocycles. The van der Waals surface area contributed by atoms with Crippen LogP contribution in [-0.2, 0) is 22.6 Å². The Morgan fingerprint density at radius 1 is 0.921 bits per heavy atom. The summed E-state index contributed by atoms with van der Waals surface area (Å²) < 4.78 is 5.87. The normalized spacial score (nSPS) is 14.5. The number of rotatable bonds is 10. The van der Waals surface area contributed by atoms with Crippen LogP contribution in [0.1, 0.15) is 48.8 Å². The van der Waals surface area contributed by atoms with Crippen molar-refractivity contribution in [2.45, 2.75) is 64.1 Å². The van der Waals surface area contributed by atoms with Crippen molar-refractivity contribution < 1.29 is 14.3 Å². The maximum absolute atomic E-state index is 13.8. The standard InChI is InChI=1S/C31H34Cl2N2O3/c1-22-9-8-14-26(17-22)38-21-30(36)35(20-24-15-16-27(32)28(33)18-24)29(19-23-10-4-2-5-11-23)31(37)34-25-12-6-3-7-13-25/h2,4-5,8-11,14-18,25,29H,3,6-7,12-13,19-21H2,1H3,(H,34,37). The summed E-state index contributed by atoms with van der Waals surface area (Å²) in [7, 11) is 0. The molecule has 38 heavy (non-hydrogen) atoms. The molecule has 1 aliphatic rings. The molecule has 1 fully saturated rings. The van der Waals surface area contributed by atoms with Crippen LogP contribution in [0.2, 0.25) is 10.0 Å². The predicted molar refractivity (Wildman–Crippen MR) is 153 cm³/mol. The van der Waals surface area contributed by atoms with E-state index in [4.69, 9.17) is 27.9 Å². The average Bonchev–Trinajstić information content (AvgIpc) is 2.92. The number of nitrogens with zero attached hydrogens (tertiary/aromatic N) is 1. The summed E-state index contributed by atoms with van der Waals surface area (Å²) in [5.74, 6) is 0.182. The van der Waals surface area contributed by atoms with E-state index < -0.39 is 6.04 Å². The van der Waals surface area contributed by atoms with Crippen molar-refractivity contribution in [2.75, 3.05) is 6.61 Å². The number of aryl methyl sites for hydroxylation is 1. The molecule has 3 aromatic carbocycles. The van der Waals surface area contributed by atoms with Gasteiger partial charge >= 0.3 is 0 Å². The van der Waals surface area contributed by atoms with E-state index in [1.54, 1.807) is 17.0 Å². The zero-order valence-corrected chi connectivity index (χ0v) is 23.2. The van der Waals surface area contributed by atoms with Gasteiger partial charge in [0, 0.05) is 19.0 Å². The van der Waals surface area contributed by atoms with Crippen molar-refractivity contribution in [3.63, 3.8) is 0 Å². The van der Waals surface area contributed by atoms with Gasteiger partial charge in [0.1, 0.15) is 11.8 Å². The van der Waals surface area contributed by atoms with E-state index >= 15 is 0 Å². The molecule has 1 N–H and O–H groups in total. The Labute approximate surface area is 235 Å². The van der Waals surface area contributed by atoms with Crippen LogP contribution in [0.3, 0.4) is 0 Å². The molecule has 200 valence electrons. The molecule has 4 rings (SSSR count). The summed E-state index contributed by atoms with van der Waals surface area (Å²) in [6.45, 7) is 1.98. The molecule has 1 atom stereocenters. The number of benzene rings is 3. The van der Waals surface area contributed by atoms with E-state index in [-0.39, 0.29) is 31.0 Å². The quantitative estimate of drug-likeness (QED) is 0.302. The Hall–Kier alpha value is -3.02. The van der Waals surface area contributed by atoms with Gasteiger partial charge in [0.15, 0.2) is 6.61 Å². The highest BCUT2D eigenvalue weighted by Crippen LogP contribution is 2.25. The van der Waals surface area contributed by atoms with Crippen LogP contribution in [0.5, 0.6) is 5.75 Å². The molecule has 0 radical (unpaired) electrons. The Morgan fingerprint density at radius 2 is 1.68 bits per heavy atom. The van der Waals surface area contributed by atoms with Gasteiger partial charge in [0.05, 0.1) is 10.0 Å². The molecular formula is C31H34Cl2N2O3. The van der Waals surface area contributed by atoms with Gasteiger partial charge in [0.2, 0.25) is 5.91 Å². The lowest BCUT2D eigenvalue weighted by atomic mass is 9.94. The molecule has 2 amide bonds. The number of carbonyl (C=O) groups excluding carboxylic acids is 2. The van der Waals surface area contributed by atoms with Gasteiger partial charge in [-0.05, 0) is 60.7 Å². The lowest BCUT2D eigenvalue weighted by Gasteiger charge is -2.33. The highest BCUT2D eigenvalue weighted by atomic mass is 35.5. The van der Waals surface area contributed by atoms with Crippen molar-refractivity contribution in [2.24, 2.45) is 0 Å². The molecular weight excluding hydrogens is 519 g/mol. The number of nitrogens with one attached hydrogen (secondary N) is 1. The fourth-order valence-electron chi connectivity index (χ4n) is 4.87. The minimum atomic E-state index is -0.720. The van der Waals surface area contributed by atoms with Crippen molar-refractivity contribution >= 4 is 35.0 Å². The monoisotopic (exact) mass is 552 g/mol. The Kier molecular flexibility index (Phi) is 10.1. The zero-order valence-electron chi connectivity index (χ0n) is 21.7. The molecule has 0 aliphatic heterocycles. The molecule has 1 aliphatic carbocycles. The third-order valence-electron chi connectivity index (χ3n) is 6.91. The summed E-state index contributed by atoms with van der Waals surface area (Å²) in [5.41, 5.74) is 2.80. The van der Waals surface area contributed by atoms with E-state index in [0.29, 0.717) is 22.2 Å². The Bertz CT molecular complexity index is 1230. The largest absolute Gasteiger partial charge is 0.484 e. The van der Waals surface area contributed by atoms with Crippen LogP contribution in [0.15, 0.2) is 72.8 Å². The number of ether oxygens (including phenoxy) is 1. The van der Waals surface area contributed by atoms with Crippen molar-refractivity contribution in [3.05, 3.63) is 99.5 Å². The molecule has 5 nitrogen and oxygen atoms in total. The maximum Gasteiger partial charge on any atom is 0.261 e. The van der Waals surface area contributed by atoms with Crippen molar-refractivity contribution in [3.8, 4) is 5.75 Å². The first kappa shape index (κ1) is 28.0.